The molecule has 0 aliphatic rings. The van der Waals surface area contributed by atoms with Crippen molar-refractivity contribution in [3.05, 3.63) is 90.0 Å². The van der Waals surface area contributed by atoms with Crippen LogP contribution in [0.1, 0.15) is 15.9 Å². The molecule has 3 rings (SSSR count). The second-order valence-electron chi connectivity index (χ2n) is 5.88. The molecule has 0 unspecified atom stereocenters. The molecule has 0 heterocycles. The van der Waals surface area contributed by atoms with Crippen LogP contribution in [0.25, 0.3) is 0 Å². The van der Waals surface area contributed by atoms with Crippen molar-refractivity contribution < 1.29 is 19.1 Å². The number of amides is 1. The van der Waals surface area contributed by atoms with Gasteiger partial charge in [0.1, 0.15) is 11.5 Å². The van der Waals surface area contributed by atoms with Crippen molar-refractivity contribution in [1.82, 2.24) is 0 Å². The van der Waals surface area contributed by atoms with Gasteiger partial charge in [0.05, 0.1) is 5.56 Å². The summed E-state index contributed by atoms with van der Waals surface area (Å²) in [5.41, 5.74) is 1.98. The number of anilines is 1. The van der Waals surface area contributed by atoms with Crippen molar-refractivity contribution in [2.45, 2.75) is 6.92 Å². The molecule has 0 aliphatic heterocycles. The van der Waals surface area contributed by atoms with Crippen LogP contribution >= 0.6 is 0 Å². The normalized spacial score (nSPS) is 10.1. The van der Waals surface area contributed by atoms with Crippen LogP contribution < -0.4 is 10.1 Å². The molecule has 0 radical (unpaired) electrons. The van der Waals surface area contributed by atoms with Gasteiger partial charge in [-0.2, -0.15) is 0 Å². The van der Waals surface area contributed by atoms with E-state index in [4.69, 9.17) is 9.47 Å². The molecule has 0 fully saturated rings. The van der Waals surface area contributed by atoms with Gasteiger partial charge in [-0.1, -0.05) is 36.4 Å². The van der Waals surface area contributed by atoms with Crippen LogP contribution in [-0.4, -0.2) is 18.5 Å². The van der Waals surface area contributed by atoms with Crippen LogP contribution in [0, 0.1) is 6.92 Å². The number of hydrogen-bond acceptors (Lipinski definition) is 4. The highest BCUT2D eigenvalue weighted by Gasteiger charge is 2.11. The van der Waals surface area contributed by atoms with E-state index in [0.717, 1.165) is 5.56 Å². The lowest BCUT2D eigenvalue weighted by atomic mass is 10.2. The average molecular weight is 361 g/mol. The highest BCUT2D eigenvalue weighted by molar-refractivity contribution is 5.95. The van der Waals surface area contributed by atoms with Gasteiger partial charge in [-0.3, -0.25) is 4.79 Å². The SMILES string of the molecule is Cc1ccccc1NC(=O)COC(=O)c1ccc(Oc2ccccc2)cc1. The second kappa shape index (κ2) is 8.67. The van der Waals surface area contributed by atoms with Gasteiger partial charge in [0.25, 0.3) is 5.91 Å². The molecule has 0 bridgehead atoms. The quantitative estimate of drug-likeness (QED) is 0.653. The van der Waals surface area contributed by atoms with Crippen LogP contribution in [0.15, 0.2) is 78.9 Å². The summed E-state index contributed by atoms with van der Waals surface area (Å²) >= 11 is 0. The van der Waals surface area contributed by atoms with Crippen molar-refractivity contribution >= 4 is 17.6 Å². The first-order valence-electron chi connectivity index (χ1n) is 8.47. The number of rotatable bonds is 6. The molecular formula is C22H19NO4. The molecule has 3 aromatic rings. The number of benzene rings is 3. The van der Waals surface area contributed by atoms with Gasteiger partial charge in [-0.05, 0) is 55.0 Å². The minimum atomic E-state index is -0.568. The Balaban J connectivity index is 1.52. The minimum Gasteiger partial charge on any atom is -0.457 e. The third-order valence-corrected chi connectivity index (χ3v) is 3.82. The Morgan fingerprint density at radius 3 is 2.15 bits per heavy atom. The van der Waals surface area contributed by atoms with Gasteiger partial charge in [0, 0.05) is 5.69 Å². The Bertz CT molecular complexity index is 921. The Labute approximate surface area is 157 Å². The summed E-state index contributed by atoms with van der Waals surface area (Å²) in [7, 11) is 0. The van der Waals surface area contributed by atoms with Crippen molar-refractivity contribution in [3.63, 3.8) is 0 Å². The Morgan fingerprint density at radius 2 is 1.44 bits per heavy atom. The van der Waals surface area contributed by atoms with Gasteiger partial charge in [-0.25, -0.2) is 4.79 Å². The number of carbonyl (C=O) groups is 2. The topological polar surface area (TPSA) is 64.6 Å². The van der Waals surface area contributed by atoms with E-state index >= 15 is 0 Å². The lowest BCUT2D eigenvalue weighted by Gasteiger charge is -2.09. The van der Waals surface area contributed by atoms with Crippen molar-refractivity contribution in [2.75, 3.05) is 11.9 Å². The van der Waals surface area contributed by atoms with Crippen molar-refractivity contribution in [3.8, 4) is 11.5 Å². The van der Waals surface area contributed by atoms with Crippen molar-refractivity contribution in [2.24, 2.45) is 0 Å². The number of aryl methyl sites for hydroxylation is 1. The molecule has 0 atom stereocenters. The molecule has 0 spiro atoms. The fraction of sp³-hybridized carbons (Fsp3) is 0.0909. The average Bonchev–Trinajstić information content (AvgIpc) is 2.69. The van der Waals surface area contributed by atoms with Crippen LogP contribution in [-0.2, 0) is 9.53 Å². The van der Waals surface area contributed by atoms with Gasteiger partial charge >= 0.3 is 5.97 Å². The first-order chi connectivity index (χ1) is 13.1. The molecule has 27 heavy (non-hydrogen) atoms. The predicted octanol–water partition coefficient (Wildman–Crippen LogP) is 4.58. The molecule has 136 valence electrons. The summed E-state index contributed by atoms with van der Waals surface area (Å²) in [6.45, 7) is 1.54. The van der Waals surface area contributed by atoms with E-state index in [1.807, 2.05) is 55.5 Å². The number of nitrogens with one attached hydrogen (secondary N) is 1. The number of ether oxygens (including phenoxy) is 2. The zero-order valence-electron chi connectivity index (χ0n) is 14.8. The molecule has 1 amide bonds. The first kappa shape index (κ1) is 18.2. The molecular weight excluding hydrogens is 342 g/mol. The van der Waals surface area contributed by atoms with Crippen LogP contribution in [0.5, 0.6) is 11.5 Å². The molecule has 5 heteroatoms. The third kappa shape index (κ3) is 5.19. The summed E-state index contributed by atoms with van der Waals surface area (Å²) in [6.07, 6.45) is 0. The number of hydrogen-bond donors (Lipinski definition) is 1. The summed E-state index contributed by atoms with van der Waals surface area (Å²) in [5.74, 6) is 0.360. The van der Waals surface area contributed by atoms with Crippen LogP contribution in [0.4, 0.5) is 5.69 Å². The second-order valence-corrected chi connectivity index (χ2v) is 5.88. The fourth-order valence-corrected chi connectivity index (χ4v) is 2.40. The van der Waals surface area contributed by atoms with Gasteiger partial charge in [-0.15, -0.1) is 0 Å². The van der Waals surface area contributed by atoms with E-state index < -0.39 is 5.97 Å². The van der Waals surface area contributed by atoms with E-state index in [2.05, 4.69) is 5.32 Å². The monoisotopic (exact) mass is 361 g/mol. The maximum Gasteiger partial charge on any atom is 0.338 e. The van der Waals surface area contributed by atoms with Crippen LogP contribution in [0.3, 0.4) is 0 Å². The van der Waals surface area contributed by atoms with Gasteiger partial charge in [0.2, 0.25) is 0 Å². The molecule has 0 saturated heterocycles. The molecule has 0 aliphatic carbocycles. The lowest BCUT2D eigenvalue weighted by molar-refractivity contribution is -0.119. The number of carbonyl (C=O) groups excluding carboxylic acids is 2. The van der Waals surface area contributed by atoms with Crippen LogP contribution in [0.2, 0.25) is 0 Å². The summed E-state index contributed by atoms with van der Waals surface area (Å²) in [5, 5.41) is 2.72. The Kier molecular flexibility index (Phi) is 5.84. The van der Waals surface area contributed by atoms with E-state index in [-0.39, 0.29) is 12.5 Å². The Hall–Kier alpha value is -3.60. The number of esters is 1. The van der Waals surface area contributed by atoms with E-state index in [1.165, 1.54) is 0 Å². The zero-order valence-corrected chi connectivity index (χ0v) is 14.8. The first-order valence-corrected chi connectivity index (χ1v) is 8.47. The van der Waals surface area contributed by atoms with E-state index in [0.29, 0.717) is 22.7 Å². The fourth-order valence-electron chi connectivity index (χ4n) is 2.40. The standard InChI is InChI=1S/C22H19NO4/c1-16-7-5-6-10-20(16)23-21(24)15-26-22(25)17-11-13-19(14-12-17)27-18-8-3-2-4-9-18/h2-14H,15H2,1H3,(H,23,24). The number of para-hydroxylation sites is 2. The predicted molar refractivity (Wildman–Crippen MR) is 103 cm³/mol. The molecule has 1 N–H and O–H groups in total. The third-order valence-electron chi connectivity index (χ3n) is 3.82. The highest BCUT2D eigenvalue weighted by Crippen LogP contribution is 2.21. The minimum absolute atomic E-state index is 0.346. The van der Waals surface area contributed by atoms with Gasteiger partial charge < -0.3 is 14.8 Å². The summed E-state index contributed by atoms with van der Waals surface area (Å²) < 4.78 is 10.7. The Morgan fingerprint density at radius 1 is 0.815 bits per heavy atom. The maximum absolute atomic E-state index is 12.1. The molecule has 0 aromatic heterocycles. The summed E-state index contributed by atoms with van der Waals surface area (Å²) in [6, 6.07) is 23.3. The smallest absolute Gasteiger partial charge is 0.338 e. The molecule has 3 aromatic carbocycles. The summed E-state index contributed by atoms with van der Waals surface area (Å²) in [4.78, 5) is 24.0. The largest absolute Gasteiger partial charge is 0.457 e. The molecule has 5 nitrogen and oxygen atoms in total. The lowest BCUT2D eigenvalue weighted by Crippen LogP contribution is -2.21. The highest BCUT2D eigenvalue weighted by atomic mass is 16.5. The zero-order chi connectivity index (χ0) is 19.1. The van der Waals surface area contributed by atoms with E-state index in [1.54, 1.807) is 30.3 Å². The van der Waals surface area contributed by atoms with Crippen molar-refractivity contribution in [1.29, 1.82) is 0 Å². The maximum atomic E-state index is 12.1. The van der Waals surface area contributed by atoms with E-state index in [9.17, 15) is 9.59 Å². The van der Waals surface area contributed by atoms with Gasteiger partial charge in [0.15, 0.2) is 6.61 Å². The molecule has 0 saturated carbocycles.